The molecule has 1 aromatic rings. The van der Waals surface area contributed by atoms with Crippen molar-refractivity contribution < 1.29 is 27.6 Å². The Hall–Kier alpha value is -2.79. The lowest BCUT2D eigenvalue weighted by Crippen LogP contribution is -2.58. The van der Waals surface area contributed by atoms with Crippen molar-refractivity contribution in [3.05, 3.63) is 29.3 Å². The monoisotopic (exact) mass is 474 g/mol. The predicted octanol–water partition coefficient (Wildman–Crippen LogP) is 0.184. The number of carbonyl (C=O) groups excluding carboxylic acids is 4. The van der Waals surface area contributed by atoms with Gasteiger partial charge in [0.25, 0.3) is 11.8 Å². The molecule has 1 aliphatic carbocycles. The molecule has 0 bridgehead atoms. The molecule has 3 fully saturated rings. The van der Waals surface area contributed by atoms with Crippen molar-refractivity contribution >= 4 is 39.2 Å². The second-order valence-corrected chi connectivity index (χ2v) is 12.1. The van der Waals surface area contributed by atoms with Crippen molar-refractivity contribution in [2.24, 2.45) is 11.7 Å². The number of benzene rings is 1. The van der Waals surface area contributed by atoms with Gasteiger partial charge < -0.3 is 11.1 Å². The molecule has 2 saturated heterocycles. The number of fused-ring (bicyclic) bond motifs is 1. The fourth-order valence-corrected chi connectivity index (χ4v) is 8.12. The van der Waals surface area contributed by atoms with E-state index in [9.17, 15) is 27.6 Å². The van der Waals surface area contributed by atoms with Gasteiger partial charge in [-0.15, -0.1) is 0 Å². The molecule has 2 atom stereocenters. The van der Waals surface area contributed by atoms with Gasteiger partial charge in [0.05, 0.1) is 21.6 Å². The van der Waals surface area contributed by atoms with Crippen molar-refractivity contribution in [2.75, 3.05) is 17.6 Å². The number of rotatable bonds is 4. The van der Waals surface area contributed by atoms with Gasteiger partial charge in [-0.1, -0.05) is 0 Å². The van der Waals surface area contributed by atoms with Gasteiger partial charge in [-0.25, -0.2) is 8.42 Å². The molecule has 1 aromatic carbocycles. The minimum atomic E-state index is -3.13. The molecule has 1 saturated carbocycles. The maximum atomic E-state index is 12.9. The highest BCUT2D eigenvalue weighted by molar-refractivity contribution is 7.92. The summed E-state index contributed by atoms with van der Waals surface area (Å²) in [6.45, 7) is 0.546. The van der Waals surface area contributed by atoms with Gasteiger partial charge in [-0.2, -0.15) is 0 Å². The Morgan fingerprint density at radius 1 is 1.06 bits per heavy atom. The second kappa shape index (κ2) is 7.63. The molecule has 3 aliphatic heterocycles. The van der Waals surface area contributed by atoms with Crippen LogP contribution in [0.2, 0.25) is 0 Å². The molecule has 11 heteroatoms. The molecule has 5 rings (SSSR count). The maximum Gasteiger partial charge on any atom is 0.262 e. The van der Waals surface area contributed by atoms with Gasteiger partial charge >= 0.3 is 0 Å². The zero-order valence-corrected chi connectivity index (χ0v) is 18.8. The van der Waals surface area contributed by atoms with E-state index in [2.05, 4.69) is 10.6 Å². The number of imide groups is 2. The van der Waals surface area contributed by atoms with Gasteiger partial charge in [-0.05, 0) is 56.2 Å². The van der Waals surface area contributed by atoms with Crippen LogP contribution in [0.5, 0.6) is 0 Å². The molecule has 10 nitrogen and oxygen atoms in total. The maximum absolute atomic E-state index is 12.9. The zero-order valence-electron chi connectivity index (χ0n) is 18.0. The van der Waals surface area contributed by atoms with Gasteiger partial charge in [0, 0.05) is 24.7 Å². The van der Waals surface area contributed by atoms with E-state index in [0.29, 0.717) is 37.9 Å². The third-order valence-corrected chi connectivity index (χ3v) is 10.00. The first-order valence-electron chi connectivity index (χ1n) is 11.2. The van der Waals surface area contributed by atoms with Crippen LogP contribution in [0.15, 0.2) is 18.2 Å². The van der Waals surface area contributed by atoms with Crippen molar-refractivity contribution in [3.63, 3.8) is 0 Å². The van der Waals surface area contributed by atoms with Crippen LogP contribution >= 0.6 is 0 Å². The van der Waals surface area contributed by atoms with E-state index in [0.717, 1.165) is 4.90 Å². The first-order chi connectivity index (χ1) is 15.6. The number of sulfone groups is 1. The van der Waals surface area contributed by atoms with Crippen molar-refractivity contribution in [1.29, 1.82) is 0 Å². The first-order valence-corrected chi connectivity index (χ1v) is 12.8. The Morgan fingerprint density at radius 2 is 1.79 bits per heavy atom. The third kappa shape index (κ3) is 3.54. The molecule has 0 radical (unpaired) electrons. The number of carbonyl (C=O) groups is 4. The molecule has 2 unspecified atom stereocenters. The number of hydrogen-bond acceptors (Lipinski definition) is 8. The van der Waals surface area contributed by atoms with E-state index in [-0.39, 0.29) is 41.7 Å². The van der Waals surface area contributed by atoms with Crippen LogP contribution in [0.1, 0.15) is 59.2 Å². The summed E-state index contributed by atoms with van der Waals surface area (Å²) in [5, 5.41) is 5.43. The van der Waals surface area contributed by atoms with Crippen molar-refractivity contribution in [3.8, 4) is 0 Å². The summed E-state index contributed by atoms with van der Waals surface area (Å²) in [4.78, 5) is 50.2. The Kier molecular flexibility index (Phi) is 5.09. The minimum Gasteiger partial charge on any atom is -0.385 e. The fraction of sp³-hybridized carbons (Fsp3) is 0.545. The number of nitrogens with one attached hydrogen (secondary N) is 2. The fourth-order valence-electron chi connectivity index (χ4n) is 5.63. The van der Waals surface area contributed by atoms with Crippen LogP contribution in [-0.4, -0.2) is 66.1 Å². The Bertz CT molecular complexity index is 1170. The van der Waals surface area contributed by atoms with E-state index in [1.54, 1.807) is 18.2 Å². The number of nitrogens with two attached hydrogens (primary N) is 1. The predicted molar refractivity (Wildman–Crippen MR) is 118 cm³/mol. The summed E-state index contributed by atoms with van der Waals surface area (Å²) in [7, 11) is -3.13. The molecule has 1 spiro atoms. The lowest BCUT2D eigenvalue weighted by molar-refractivity contribution is -0.136. The summed E-state index contributed by atoms with van der Waals surface area (Å²) in [5.41, 5.74) is 7.10. The number of piperidine rings is 1. The molecule has 4 aliphatic rings. The van der Waals surface area contributed by atoms with E-state index >= 15 is 0 Å². The molecular formula is C22H26N4O6S. The van der Waals surface area contributed by atoms with Gasteiger partial charge in [0.15, 0.2) is 9.84 Å². The summed E-state index contributed by atoms with van der Waals surface area (Å²) in [6, 6.07) is 3.76. The van der Waals surface area contributed by atoms with E-state index in [4.69, 9.17) is 5.73 Å². The van der Waals surface area contributed by atoms with Crippen LogP contribution in [0.4, 0.5) is 5.69 Å². The molecule has 0 aromatic heterocycles. The molecular weight excluding hydrogens is 448 g/mol. The third-order valence-electron chi connectivity index (χ3n) is 7.41. The lowest BCUT2D eigenvalue weighted by Gasteiger charge is -2.50. The number of nitrogens with zero attached hydrogens (tertiary/aromatic N) is 1. The SMILES string of the molecule is NC1CCS(=O)(=O)C2(C1)CC(CNc1ccc3c(c1)C(=O)N(C1CCC(=O)NC1=O)C3=O)C2. The first kappa shape index (κ1) is 22.0. The van der Waals surface area contributed by atoms with E-state index in [1.807, 2.05) is 0 Å². The lowest BCUT2D eigenvalue weighted by atomic mass is 9.70. The topological polar surface area (TPSA) is 156 Å². The molecule has 176 valence electrons. The number of hydrogen-bond donors (Lipinski definition) is 3. The standard InChI is InChI=1S/C22H26N4O6S/c23-13-5-6-33(31,32)22(10-13)8-12(9-22)11-24-14-1-2-15-16(7-14)21(30)26(20(15)29)17-3-4-18(27)25-19(17)28/h1-2,7,12-13,17,24H,3-6,8-11,23H2,(H,25,27,28). The molecule has 4 N–H and O–H groups in total. The highest BCUT2D eigenvalue weighted by Crippen LogP contribution is 2.49. The van der Waals surface area contributed by atoms with Crippen LogP contribution in [0.3, 0.4) is 0 Å². The summed E-state index contributed by atoms with van der Waals surface area (Å²) < 4.78 is 24.4. The molecule has 3 heterocycles. The number of amides is 4. The van der Waals surface area contributed by atoms with E-state index in [1.165, 1.54) is 0 Å². The summed E-state index contributed by atoms with van der Waals surface area (Å²) in [5.74, 6) is -1.83. The average molecular weight is 475 g/mol. The largest absolute Gasteiger partial charge is 0.385 e. The van der Waals surface area contributed by atoms with Crippen LogP contribution in [-0.2, 0) is 19.4 Å². The quantitative estimate of drug-likeness (QED) is 0.522. The highest BCUT2D eigenvalue weighted by Gasteiger charge is 2.55. The van der Waals surface area contributed by atoms with Crippen LogP contribution in [0, 0.1) is 5.92 Å². The minimum absolute atomic E-state index is 0.0696. The highest BCUT2D eigenvalue weighted by atomic mass is 32.2. The van der Waals surface area contributed by atoms with Crippen LogP contribution < -0.4 is 16.4 Å². The Balaban J connectivity index is 1.24. The molecule has 4 amide bonds. The smallest absolute Gasteiger partial charge is 0.262 e. The van der Waals surface area contributed by atoms with Crippen molar-refractivity contribution in [1.82, 2.24) is 10.2 Å². The zero-order chi connectivity index (χ0) is 23.5. The van der Waals surface area contributed by atoms with Gasteiger partial charge in [-0.3, -0.25) is 29.4 Å². The van der Waals surface area contributed by atoms with Gasteiger partial charge in [0.1, 0.15) is 6.04 Å². The number of anilines is 1. The van der Waals surface area contributed by atoms with Crippen LogP contribution in [0.25, 0.3) is 0 Å². The Labute approximate surface area is 191 Å². The van der Waals surface area contributed by atoms with Crippen molar-refractivity contribution in [2.45, 2.75) is 55.4 Å². The summed E-state index contributed by atoms with van der Waals surface area (Å²) in [6.07, 6.45) is 2.35. The Morgan fingerprint density at radius 3 is 2.52 bits per heavy atom. The normalized spacial score (nSPS) is 33.0. The summed E-state index contributed by atoms with van der Waals surface area (Å²) >= 11 is 0. The average Bonchev–Trinajstić information content (AvgIpc) is 2.97. The second-order valence-electron chi connectivity index (χ2n) is 9.62. The molecule has 33 heavy (non-hydrogen) atoms. The van der Waals surface area contributed by atoms with Gasteiger partial charge in [0.2, 0.25) is 11.8 Å². The van der Waals surface area contributed by atoms with E-state index < -0.39 is 44.3 Å².